The Morgan fingerprint density at radius 2 is 1.76 bits per heavy atom. The Morgan fingerprint density at radius 3 is 2.45 bits per heavy atom. The van der Waals surface area contributed by atoms with Gasteiger partial charge < -0.3 is 20.3 Å². The average Bonchev–Trinajstić information content (AvgIpc) is 2.72. The number of methoxy groups -OCH3 is 1. The Morgan fingerprint density at radius 1 is 1.03 bits per heavy atom. The van der Waals surface area contributed by atoms with Crippen LogP contribution in [0.4, 0.5) is 0 Å². The maximum absolute atomic E-state index is 12.5. The minimum Gasteiger partial charge on any atom is -0.508 e. The smallest absolute Gasteiger partial charge is 0.255 e. The summed E-state index contributed by atoms with van der Waals surface area (Å²) < 4.78 is 5.42. The van der Waals surface area contributed by atoms with Gasteiger partial charge in [-0.05, 0) is 35.1 Å². The molecule has 0 aromatic heterocycles. The molecule has 0 atom stereocenters. The Kier molecular flexibility index (Phi) is 6.34. The molecule has 3 aromatic rings. The summed E-state index contributed by atoms with van der Waals surface area (Å²) in [5, 5.41) is 24.6. The van der Waals surface area contributed by atoms with Gasteiger partial charge >= 0.3 is 0 Å². The molecule has 0 aliphatic rings. The fourth-order valence-electron chi connectivity index (χ4n) is 3.30. The summed E-state index contributed by atoms with van der Waals surface area (Å²) in [6, 6.07) is 14.5. The number of carbonyl (C=O) groups excluding carboxylic acids is 1. The number of ether oxygens (including phenoxy) is 1. The fraction of sp³-hybridized carbons (Fsp3) is 0.217. The third kappa shape index (κ3) is 4.49. The summed E-state index contributed by atoms with van der Waals surface area (Å²) in [7, 11) is 1.64. The van der Waals surface area contributed by atoms with Gasteiger partial charge in [-0.25, -0.2) is 0 Å². The number of hydrogen-bond acceptors (Lipinski definition) is 5. The lowest BCUT2D eigenvalue weighted by Gasteiger charge is -2.12. The normalized spacial score (nSPS) is 10.7. The molecule has 0 heterocycles. The number of amides is 1. The number of aromatic hydroxyl groups is 2. The molecule has 0 spiro atoms. The highest BCUT2D eigenvalue weighted by Crippen LogP contribution is 2.29. The Bertz CT molecular complexity index is 1080. The number of benzene rings is 3. The van der Waals surface area contributed by atoms with Crippen molar-refractivity contribution in [3.8, 4) is 17.2 Å². The van der Waals surface area contributed by atoms with E-state index in [1.54, 1.807) is 7.11 Å². The first-order chi connectivity index (χ1) is 13.9. The van der Waals surface area contributed by atoms with Gasteiger partial charge in [0.2, 0.25) is 0 Å². The van der Waals surface area contributed by atoms with Crippen LogP contribution >= 0.6 is 12.2 Å². The molecule has 6 heteroatoms. The van der Waals surface area contributed by atoms with Gasteiger partial charge in [0, 0.05) is 29.3 Å². The Labute approximate surface area is 174 Å². The number of rotatable bonds is 7. The summed E-state index contributed by atoms with van der Waals surface area (Å²) in [5.74, 6) is 0.0879. The Hall–Kier alpha value is -3.12. The van der Waals surface area contributed by atoms with Gasteiger partial charge in [-0.2, -0.15) is 0 Å². The topological polar surface area (TPSA) is 78.8 Å². The molecular formula is C23H23NO4S. The maximum Gasteiger partial charge on any atom is 0.255 e. The van der Waals surface area contributed by atoms with E-state index in [2.05, 4.69) is 5.32 Å². The van der Waals surface area contributed by atoms with E-state index in [9.17, 15) is 15.0 Å². The van der Waals surface area contributed by atoms with E-state index >= 15 is 0 Å². The molecule has 0 aliphatic carbocycles. The van der Waals surface area contributed by atoms with Crippen LogP contribution in [0.3, 0.4) is 0 Å². The monoisotopic (exact) mass is 409 g/mol. The van der Waals surface area contributed by atoms with E-state index in [4.69, 9.17) is 17.0 Å². The zero-order chi connectivity index (χ0) is 21.0. The van der Waals surface area contributed by atoms with Crippen LogP contribution in [0.2, 0.25) is 0 Å². The number of hydrogen-bond donors (Lipinski definition) is 3. The van der Waals surface area contributed by atoms with E-state index in [-0.39, 0.29) is 23.6 Å². The molecule has 150 valence electrons. The van der Waals surface area contributed by atoms with E-state index in [1.165, 1.54) is 12.1 Å². The lowest BCUT2D eigenvalue weighted by atomic mass is 10.00. The number of carbonyl (C=O) groups is 1. The van der Waals surface area contributed by atoms with Crippen LogP contribution in [-0.4, -0.2) is 34.6 Å². The van der Waals surface area contributed by atoms with Crippen molar-refractivity contribution >= 4 is 33.8 Å². The molecule has 0 aliphatic heterocycles. The first-order valence-electron chi connectivity index (χ1n) is 9.34. The van der Waals surface area contributed by atoms with Gasteiger partial charge in [-0.15, -0.1) is 0 Å². The largest absolute Gasteiger partial charge is 0.508 e. The maximum atomic E-state index is 12.5. The summed E-state index contributed by atoms with van der Waals surface area (Å²) >= 11 is 5.48. The lowest BCUT2D eigenvalue weighted by Crippen LogP contribution is -2.29. The van der Waals surface area contributed by atoms with Gasteiger partial charge in [0.15, 0.2) is 0 Å². The highest BCUT2D eigenvalue weighted by Gasteiger charge is 2.15. The lowest BCUT2D eigenvalue weighted by molar-refractivity contribution is 0.0956. The molecule has 0 unspecified atom stereocenters. The molecule has 29 heavy (non-hydrogen) atoms. The van der Waals surface area contributed by atoms with Crippen molar-refractivity contribution in [2.24, 2.45) is 0 Å². The summed E-state index contributed by atoms with van der Waals surface area (Å²) in [6.07, 6.45) is 1.08. The molecule has 5 nitrogen and oxygen atoms in total. The van der Waals surface area contributed by atoms with Crippen molar-refractivity contribution < 1.29 is 19.7 Å². The minimum atomic E-state index is -0.431. The second-order valence-corrected chi connectivity index (χ2v) is 7.30. The highest BCUT2D eigenvalue weighted by molar-refractivity contribution is 7.80. The van der Waals surface area contributed by atoms with Crippen LogP contribution in [0.15, 0.2) is 48.5 Å². The zero-order valence-corrected chi connectivity index (χ0v) is 17.2. The Balaban J connectivity index is 1.71. The van der Waals surface area contributed by atoms with Crippen LogP contribution in [0.5, 0.6) is 17.2 Å². The third-order valence-electron chi connectivity index (χ3n) is 4.85. The molecule has 0 saturated carbocycles. The molecular weight excluding hydrogens is 386 g/mol. The van der Waals surface area contributed by atoms with Gasteiger partial charge in [-0.3, -0.25) is 4.79 Å². The van der Waals surface area contributed by atoms with Crippen molar-refractivity contribution in [1.29, 1.82) is 0 Å². The van der Waals surface area contributed by atoms with Crippen LogP contribution in [0, 0.1) is 0 Å². The number of phenolic OH excluding ortho intramolecular Hbond substituents is 2. The summed E-state index contributed by atoms with van der Waals surface area (Å²) in [6.45, 7) is 2.07. The molecule has 0 bridgehead atoms. The minimum absolute atomic E-state index is 0.0246. The number of aryl methyl sites for hydroxylation is 1. The second kappa shape index (κ2) is 8.92. The average molecular weight is 410 g/mol. The summed E-state index contributed by atoms with van der Waals surface area (Å²) in [5.41, 5.74) is 1.78. The molecule has 3 aromatic carbocycles. The predicted molar refractivity (Wildman–Crippen MR) is 118 cm³/mol. The standard InChI is InChI=1S/C23H23NO4S/c1-3-14-11-19(21(26)12-20(14)25)23(27)24-13-16(29)10-15-8-9-22(28-2)18-7-5-4-6-17(15)18/h4-9,11-12,25-26H,3,10,13H2,1-2H3,(H,24,27). The van der Waals surface area contributed by atoms with Crippen LogP contribution in [0.1, 0.15) is 28.4 Å². The predicted octanol–water partition coefficient (Wildman–Crippen LogP) is 4.16. The van der Waals surface area contributed by atoms with Gasteiger partial charge in [-0.1, -0.05) is 49.5 Å². The second-order valence-electron chi connectivity index (χ2n) is 6.72. The number of thiocarbonyl (C=S) groups is 1. The van der Waals surface area contributed by atoms with Crippen molar-refractivity contribution in [2.45, 2.75) is 19.8 Å². The molecule has 3 rings (SSSR count). The number of phenols is 2. The van der Waals surface area contributed by atoms with Gasteiger partial charge in [0.25, 0.3) is 5.91 Å². The highest BCUT2D eigenvalue weighted by atomic mass is 32.1. The first kappa shape index (κ1) is 20.6. The van der Waals surface area contributed by atoms with Crippen molar-refractivity contribution in [2.75, 3.05) is 13.7 Å². The molecule has 0 saturated heterocycles. The number of fused-ring (bicyclic) bond motifs is 1. The van der Waals surface area contributed by atoms with E-state index in [0.717, 1.165) is 22.1 Å². The third-order valence-corrected chi connectivity index (χ3v) is 5.14. The van der Waals surface area contributed by atoms with Crippen molar-refractivity contribution in [3.05, 3.63) is 65.2 Å². The zero-order valence-electron chi connectivity index (χ0n) is 16.4. The van der Waals surface area contributed by atoms with Gasteiger partial charge in [0.1, 0.15) is 17.2 Å². The molecule has 3 N–H and O–H groups in total. The van der Waals surface area contributed by atoms with Gasteiger partial charge in [0.05, 0.1) is 12.7 Å². The van der Waals surface area contributed by atoms with E-state index < -0.39 is 5.91 Å². The van der Waals surface area contributed by atoms with Crippen molar-refractivity contribution in [1.82, 2.24) is 5.32 Å². The molecule has 0 radical (unpaired) electrons. The van der Waals surface area contributed by atoms with Crippen LogP contribution < -0.4 is 10.1 Å². The SMILES string of the molecule is CCc1cc(C(=O)NCC(=S)Cc2ccc(OC)c3ccccc23)c(O)cc1O. The summed E-state index contributed by atoms with van der Waals surface area (Å²) in [4.78, 5) is 13.1. The van der Waals surface area contributed by atoms with Crippen molar-refractivity contribution in [3.63, 3.8) is 0 Å². The van der Waals surface area contributed by atoms with Crippen LogP contribution in [0.25, 0.3) is 10.8 Å². The van der Waals surface area contributed by atoms with Crippen LogP contribution in [-0.2, 0) is 12.8 Å². The number of nitrogens with one attached hydrogen (secondary N) is 1. The molecule has 1 amide bonds. The first-order valence-corrected chi connectivity index (χ1v) is 9.74. The van der Waals surface area contributed by atoms with E-state index in [0.29, 0.717) is 23.3 Å². The fourth-order valence-corrected chi connectivity index (χ4v) is 3.53. The quantitative estimate of drug-likeness (QED) is 0.511. The molecule has 0 fully saturated rings. The van der Waals surface area contributed by atoms with E-state index in [1.807, 2.05) is 43.3 Å².